The van der Waals surface area contributed by atoms with E-state index in [4.69, 9.17) is 16.7 Å². The first-order valence-electron chi connectivity index (χ1n) is 5.94. The summed E-state index contributed by atoms with van der Waals surface area (Å²) in [4.78, 5) is 27.7. The fourth-order valence-corrected chi connectivity index (χ4v) is 2.51. The number of aryl methyl sites for hydroxylation is 1. The number of carboxylic acids is 1. The second kappa shape index (κ2) is 6.55. The molecule has 110 valence electrons. The van der Waals surface area contributed by atoms with Gasteiger partial charge in [-0.25, -0.2) is 14.6 Å². The molecule has 0 saturated heterocycles. The Morgan fingerprint density at radius 3 is 2.76 bits per heavy atom. The third-order valence-corrected chi connectivity index (χ3v) is 3.76. The monoisotopic (exact) mass is 325 g/mol. The molecule has 0 unspecified atom stereocenters. The molecule has 0 radical (unpaired) electrons. The highest BCUT2D eigenvalue weighted by molar-refractivity contribution is 7.11. The number of nitrogens with one attached hydrogen (secondary N) is 2. The summed E-state index contributed by atoms with van der Waals surface area (Å²) in [6.45, 7) is 2.25. The molecule has 1 aromatic carbocycles. The molecule has 21 heavy (non-hydrogen) atoms. The number of carboxylic acid groups (broad SMARTS) is 1. The molecule has 0 spiro atoms. The number of urea groups is 1. The molecular weight excluding hydrogens is 314 g/mol. The SMILES string of the molecule is Cc1cnc(CNC(=O)Nc2ccc(C(=O)O)cc2Cl)s1. The predicted octanol–water partition coefficient (Wildman–Crippen LogP) is 3.12. The van der Waals surface area contributed by atoms with Crippen LogP contribution >= 0.6 is 22.9 Å². The van der Waals surface area contributed by atoms with Gasteiger partial charge in [-0.05, 0) is 25.1 Å². The summed E-state index contributed by atoms with van der Waals surface area (Å²) in [6.07, 6.45) is 1.74. The molecule has 0 aliphatic rings. The first-order chi connectivity index (χ1) is 9.95. The van der Waals surface area contributed by atoms with Crippen molar-refractivity contribution in [1.29, 1.82) is 0 Å². The number of carbonyl (C=O) groups is 2. The Labute approximate surface area is 129 Å². The van der Waals surface area contributed by atoms with Crippen LogP contribution in [-0.4, -0.2) is 22.1 Å². The molecule has 0 saturated carbocycles. The highest BCUT2D eigenvalue weighted by Gasteiger charge is 2.10. The van der Waals surface area contributed by atoms with Gasteiger partial charge in [-0.1, -0.05) is 11.6 Å². The van der Waals surface area contributed by atoms with Crippen molar-refractivity contribution in [3.63, 3.8) is 0 Å². The van der Waals surface area contributed by atoms with Gasteiger partial charge in [0.05, 0.1) is 22.8 Å². The minimum absolute atomic E-state index is 0.0595. The van der Waals surface area contributed by atoms with E-state index in [-0.39, 0.29) is 10.6 Å². The average molecular weight is 326 g/mol. The van der Waals surface area contributed by atoms with E-state index >= 15 is 0 Å². The topological polar surface area (TPSA) is 91.3 Å². The standard InChI is InChI=1S/C13H12ClN3O3S/c1-7-5-15-11(21-7)6-16-13(20)17-10-3-2-8(12(18)19)4-9(10)14/h2-5H,6H2,1H3,(H,18,19)(H2,16,17,20). The van der Waals surface area contributed by atoms with Crippen molar-refractivity contribution in [2.75, 3.05) is 5.32 Å². The molecule has 0 aliphatic carbocycles. The summed E-state index contributed by atoms with van der Waals surface area (Å²) in [7, 11) is 0. The predicted molar refractivity (Wildman–Crippen MR) is 81.1 cm³/mol. The van der Waals surface area contributed by atoms with Crippen LogP contribution in [0.3, 0.4) is 0 Å². The maximum absolute atomic E-state index is 11.7. The Morgan fingerprint density at radius 1 is 1.43 bits per heavy atom. The zero-order valence-corrected chi connectivity index (χ0v) is 12.6. The Balaban J connectivity index is 1.94. The van der Waals surface area contributed by atoms with Gasteiger partial charge in [-0.15, -0.1) is 11.3 Å². The van der Waals surface area contributed by atoms with E-state index < -0.39 is 12.0 Å². The van der Waals surface area contributed by atoms with Crippen LogP contribution in [0.15, 0.2) is 24.4 Å². The average Bonchev–Trinajstić information content (AvgIpc) is 2.84. The van der Waals surface area contributed by atoms with Crippen LogP contribution in [0.2, 0.25) is 5.02 Å². The largest absolute Gasteiger partial charge is 0.478 e. The van der Waals surface area contributed by atoms with Gasteiger partial charge in [-0.3, -0.25) is 0 Å². The maximum Gasteiger partial charge on any atom is 0.335 e. The number of benzene rings is 1. The summed E-state index contributed by atoms with van der Waals surface area (Å²) >= 11 is 7.42. The van der Waals surface area contributed by atoms with Crippen LogP contribution in [0.1, 0.15) is 20.2 Å². The van der Waals surface area contributed by atoms with Gasteiger partial charge in [0.1, 0.15) is 5.01 Å². The Hall–Kier alpha value is -2.12. The van der Waals surface area contributed by atoms with Gasteiger partial charge in [0.25, 0.3) is 0 Å². The van der Waals surface area contributed by atoms with Gasteiger partial charge in [0.15, 0.2) is 0 Å². The van der Waals surface area contributed by atoms with Gasteiger partial charge < -0.3 is 15.7 Å². The fraction of sp³-hybridized carbons (Fsp3) is 0.154. The number of rotatable bonds is 4. The molecule has 0 fully saturated rings. The van der Waals surface area contributed by atoms with Crippen LogP contribution in [0.5, 0.6) is 0 Å². The van der Waals surface area contributed by atoms with Gasteiger partial charge in [0.2, 0.25) is 0 Å². The number of thiazole rings is 1. The number of carbonyl (C=O) groups excluding carboxylic acids is 1. The molecule has 3 N–H and O–H groups in total. The van der Waals surface area contributed by atoms with Crippen molar-refractivity contribution < 1.29 is 14.7 Å². The van der Waals surface area contributed by atoms with E-state index in [9.17, 15) is 9.59 Å². The third-order valence-electron chi connectivity index (χ3n) is 2.53. The van der Waals surface area contributed by atoms with Crippen molar-refractivity contribution in [2.45, 2.75) is 13.5 Å². The third kappa shape index (κ3) is 4.17. The lowest BCUT2D eigenvalue weighted by molar-refractivity contribution is 0.0697. The molecule has 2 aromatic rings. The molecule has 0 bridgehead atoms. The number of hydrogen-bond donors (Lipinski definition) is 3. The normalized spacial score (nSPS) is 10.2. The van der Waals surface area contributed by atoms with E-state index in [0.717, 1.165) is 9.88 Å². The Kier molecular flexibility index (Phi) is 4.77. The van der Waals surface area contributed by atoms with Crippen molar-refractivity contribution >= 4 is 40.6 Å². The van der Waals surface area contributed by atoms with E-state index in [0.29, 0.717) is 12.2 Å². The number of hydrogen-bond acceptors (Lipinski definition) is 4. The van der Waals surface area contributed by atoms with E-state index in [1.165, 1.54) is 29.5 Å². The van der Waals surface area contributed by atoms with Crippen LogP contribution in [0.4, 0.5) is 10.5 Å². The highest BCUT2D eigenvalue weighted by atomic mass is 35.5. The van der Waals surface area contributed by atoms with Crippen molar-refractivity contribution in [2.24, 2.45) is 0 Å². The number of aromatic nitrogens is 1. The van der Waals surface area contributed by atoms with Crippen LogP contribution in [0.25, 0.3) is 0 Å². The Bertz CT molecular complexity index is 687. The van der Waals surface area contributed by atoms with Crippen LogP contribution in [0, 0.1) is 6.92 Å². The molecule has 2 amide bonds. The Morgan fingerprint density at radius 2 is 2.19 bits per heavy atom. The summed E-state index contributed by atoms with van der Waals surface area (Å²) in [5.74, 6) is -1.08. The van der Waals surface area contributed by atoms with Crippen molar-refractivity contribution in [1.82, 2.24) is 10.3 Å². The highest BCUT2D eigenvalue weighted by Crippen LogP contribution is 2.23. The van der Waals surface area contributed by atoms with Gasteiger partial charge in [0, 0.05) is 11.1 Å². The lowest BCUT2D eigenvalue weighted by atomic mass is 10.2. The molecule has 1 aromatic heterocycles. The summed E-state index contributed by atoms with van der Waals surface area (Å²) < 4.78 is 0. The summed E-state index contributed by atoms with van der Waals surface area (Å²) in [5.41, 5.74) is 0.402. The number of halogens is 1. The molecular formula is C13H12ClN3O3S. The fourth-order valence-electron chi connectivity index (χ4n) is 1.56. The summed E-state index contributed by atoms with van der Waals surface area (Å²) in [5, 5.41) is 15.0. The first-order valence-corrected chi connectivity index (χ1v) is 7.14. The first kappa shape index (κ1) is 15.3. The van der Waals surface area contributed by atoms with Crippen LogP contribution in [-0.2, 0) is 6.54 Å². The quantitative estimate of drug-likeness (QED) is 0.805. The number of amides is 2. The number of aromatic carboxylic acids is 1. The van der Waals surface area contributed by atoms with E-state index in [1.54, 1.807) is 6.20 Å². The zero-order valence-electron chi connectivity index (χ0n) is 11.0. The van der Waals surface area contributed by atoms with E-state index in [1.807, 2.05) is 6.92 Å². The summed E-state index contributed by atoms with van der Waals surface area (Å²) in [6, 6.07) is 3.66. The second-order valence-electron chi connectivity index (χ2n) is 4.17. The van der Waals surface area contributed by atoms with Crippen molar-refractivity contribution in [3.8, 4) is 0 Å². The lowest BCUT2D eigenvalue weighted by Crippen LogP contribution is -2.28. The smallest absolute Gasteiger partial charge is 0.335 e. The molecule has 2 rings (SSSR count). The second-order valence-corrected chi connectivity index (χ2v) is 5.90. The van der Waals surface area contributed by atoms with Gasteiger partial charge >= 0.3 is 12.0 Å². The van der Waals surface area contributed by atoms with Gasteiger partial charge in [-0.2, -0.15) is 0 Å². The minimum atomic E-state index is -1.08. The zero-order chi connectivity index (χ0) is 15.4. The molecule has 0 aliphatic heterocycles. The molecule has 8 heteroatoms. The van der Waals surface area contributed by atoms with Crippen molar-refractivity contribution in [3.05, 3.63) is 44.9 Å². The molecule has 6 nitrogen and oxygen atoms in total. The molecule has 1 heterocycles. The lowest BCUT2D eigenvalue weighted by Gasteiger charge is -2.08. The number of anilines is 1. The number of nitrogens with zero attached hydrogens (tertiary/aromatic N) is 1. The van der Waals surface area contributed by atoms with E-state index in [2.05, 4.69) is 15.6 Å². The molecule has 0 atom stereocenters. The van der Waals surface area contributed by atoms with Crippen LogP contribution < -0.4 is 10.6 Å². The maximum atomic E-state index is 11.7. The minimum Gasteiger partial charge on any atom is -0.478 e.